The first-order valence-electron chi connectivity index (χ1n) is 6.05. The predicted molar refractivity (Wildman–Crippen MR) is 79.2 cm³/mol. The van der Waals surface area contributed by atoms with Crippen molar-refractivity contribution < 1.29 is 4.84 Å². The summed E-state index contributed by atoms with van der Waals surface area (Å²) in [5.41, 5.74) is 1.49. The summed E-state index contributed by atoms with van der Waals surface area (Å²) in [5.74, 6) is 0.718. The summed E-state index contributed by atoms with van der Waals surface area (Å²) >= 11 is 1.31. The molecule has 0 saturated heterocycles. The van der Waals surface area contributed by atoms with Crippen LogP contribution in [0.15, 0.2) is 34.6 Å². The molecule has 0 N–H and O–H groups in total. The van der Waals surface area contributed by atoms with Crippen molar-refractivity contribution in [3.8, 4) is 6.07 Å². The Bertz CT molecular complexity index is 866. The molecule has 3 rings (SSSR count). The van der Waals surface area contributed by atoms with Crippen molar-refractivity contribution in [3.63, 3.8) is 0 Å². The Hall–Kier alpha value is -2.66. The van der Waals surface area contributed by atoms with Gasteiger partial charge in [0.05, 0.1) is 17.3 Å². The average molecular weight is 298 g/mol. The third kappa shape index (κ3) is 2.51. The maximum Gasteiger partial charge on any atom is 0.196 e. The number of nitriles is 1. The second-order valence-electron chi connectivity index (χ2n) is 3.98. The number of oxime groups is 1. The minimum Gasteiger partial charge on any atom is -0.399 e. The molecule has 3 aromatic rings. The molecule has 8 heteroatoms. The number of aromatic nitrogens is 4. The Morgan fingerprint density at radius 1 is 1.43 bits per heavy atom. The third-order valence-electron chi connectivity index (χ3n) is 2.71. The number of benzene rings is 1. The van der Waals surface area contributed by atoms with Crippen LogP contribution in [0.5, 0.6) is 0 Å². The van der Waals surface area contributed by atoms with Gasteiger partial charge in [0.15, 0.2) is 16.6 Å². The number of thioether (sulfide) groups is 1. The molecular formula is C13H10N6OS. The second kappa shape index (κ2) is 5.76. The zero-order chi connectivity index (χ0) is 14.7. The Morgan fingerprint density at radius 3 is 3.10 bits per heavy atom. The summed E-state index contributed by atoms with van der Waals surface area (Å²) in [6.07, 6.45) is 1.43. The van der Waals surface area contributed by atoms with Crippen LogP contribution in [0.3, 0.4) is 0 Å². The SMILES string of the molecule is CO/N=C\c1nc2c3ccccc3nc(SCC#N)n2n1. The van der Waals surface area contributed by atoms with Gasteiger partial charge in [0.25, 0.3) is 0 Å². The normalized spacial score (nSPS) is 11.2. The van der Waals surface area contributed by atoms with Gasteiger partial charge in [0.1, 0.15) is 13.3 Å². The van der Waals surface area contributed by atoms with Crippen LogP contribution >= 0.6 is 11.8 Å². The van der Waals surface area contributed by atoms with Crippen LogP contribution < -0.4 is 0 Å². The van der Waals surface area contributed by atoms with E-state index in [9.17, 15) is 0 Å². The molecule has 0 spiro atoms. The van der Waals surface area contributed by atoms with Crippen LogP contribution in [0, 0.1) is 11.3 Å². The molecule has 0 bridgehead atoms. The summed E-state index contributed by atoms with van der Waals surface area (Å²) in [5, 5.41) is 18.3. The van der Waals surface area contributed by atoms with E-state index in [4.69, 9.17) is 5.26 Å². The van der Waals surface area contributed by atoms with Gasteiger partial charge in [-0.15, -0.1) is 5.10 Å². The van der Waals surface area contributed by atoms with Crippen molar-refractivity contribution in [1.82, 2.24) is 19.6 Å². The highest BCUT2D eigenvalue weighted by Crippen LogP contribution is 2.23. The lowest BCUT2D eigenvalue weighted by Crippen LogP contribution is -1.98. The predicted octanol–water partition coefficient (Wildman–Crippen LogP) is 1.87. The van der Waals surface area contributed by atoms with Gasteiger partial charge in [-0.05, 0) is 12.1 Å². The number of nitrogens with zero attached hydrogens (tertiary/aromatic N) is 6. The minimum absolute atomic E-state index is 0.293. The average Bonchev–Trinajstić information content (AvgIpc) is 2.95. The topological polar surface area (TPSA) is 88.5 Å². The lowest BCUT2D eigenvalue weighted by molar-refractivity contribution is 0.215. The first-order valence-corrected chi connectivity index (χ1v) is 7.04. The molecule has 104 valence electrons. The van der Waals surface area contributed by atoms with E-state index in [2.05, 4.69) is 31.1 Å². The number of hydrogen-bond donors (Lipinski definition) is 0. The van der Waals surface area contributed by atoms with E-state index >= 15 is 0 Å². The summed E-state index contributed by atoms with van der Waals surface area (Å²) in [4.78, 5) is 13.6. The van der Waals surface area contributed by atoms with Gasteiger partial charge in [-0.2, -0.15) is 9.78 Å². The fraction of sp³-hybridized carbons (Fsp3) is 0.154. The summed E-state index contributed by atoms with van der Waals surface area (Å²) in [7, 11) is 1.46. The maximum absolute atomic E-state index is 8.75. The van der Waals surface area contributed by atoms with Gasteiger partial charge in [0.2, 0.25) is 0 Å². The Labute approximate surface area is 124 Å². The van der Waals surface area contributed by atoms with Gasteiger partial charge in [-0.25, -0.2) is 9.97 Å². The summed E-state index contributed by atoms with van der Waals surface area (Å²) in [6.45, 7) is 0. The van der Waals surface area contributed by atoms with E-state index < -0.39 is 0 Å². The molecule has 0 radical (unpaired) electrons. The molecule has 0 saturated carbocycles. The van der Waals surface area contributed by atoms with Crippen LogP contribution in [0.4, 0.5) is 0 Å². The van der Waals surface area contributed by atoms with E-state index in [-0.39, 0.29) is 0 Å². The first-order chi connectivity index (χ1) is 10.3. The quantitative estimate of drug-likeness (QED) is 0.316. The Balaban J connectivity index is 2.25. The van der Waals surface area contributed by atoms with Gasteiger partial charge < -0.3 is 4.84 Å². The monoisotopic (exact) mass is 298 g/mol. The van der Waals surface area contributed by atoms with E-state index in [0.29, 0.717) is 22.4 Å². The van der Waals surface area contributed by atoms with E-state index in [1.807, 2.05) is 24.3 Å². The van der Waals surface area contributed by atoms with Crippen molar-refractivity contribution in [1.29, 1.82) is 5.26 Å². The van der Waals surface area contributed by atoms with E-state index in [1.54, 1.807) is 4.52 Å². The maximum atomic E-state index is 8.75. The van der Waals surface area contributed by atoms with Gasteiger partial charge in [-0.1, -0.05) is 29.1 Å². The molecule has 1 aromatic carbocycles. The molecule has 0 aliphatic carbocycles. The van der Waals surface area contributed by atoms with Crippen molar-refractivity contribution in [3.05, 3.63) is 30.1 Å². The summed E-state index contributed by atoms with van der Waals surface area (Å²) < 4.78 is 1.63. The molecule has 0 aliphatic heterocycles. The van der Waals surface area contributed by atoms with Crippen LogP contribution in [-0.4, -0.2) is 38.7 Å². The third-order valence-corrected chi connectivity index (χ3v) is 3.50. The molecule has 2 heterocycles. The first kappa shape index (κ1) is 13.3. The van der Waals surface area contributed by atoms with Crippen LogP contribution in [-0.2, 0) is 4.84 Å². The number of fused-ring (bicyclic) bond motifs is 3. The van der Waals surface area contributed by atoms with Crippen LogP contribution in [0.2, 0.25) is 0 Å². The highest BCUT2D eigenvalue weighted by atomic mass is 32.2. The lowest BCUT2D eigenvalue weighted by atomic mass is 10.2. The lowest BCUT2D eigenvalue weighted by Gasteiger charge is -2.03. The molecule has 21 heavy (non-hydrogen) atoms. The van der Waals surface area contributed by atoms with Gasteiger partial charge in [-0.3, -0.25) is 0 Å². The highest BCUT2D eigenvalue weighted by Gasteiger charge is 2.12. The zero-order valence-electron chi connectivity index (χ0n) is 11.1. The van der Waals surface area contributed by atoms with Crippen molar-refractivity contribution in [2.24, 2.45) is 5.16 Å². The number of hydrogen-bond acceptors (Lipinski definition) is 7. The molecule has 2 aromatic heterocycles. The summed E-state index contributed by atoms with van der Waals surface area (Å²) in [6, 6.07) is 9.76. The van der Waals surface area contributed by atoms with Gasteiger partial charge in [0, 0.05) is 5.39 Å². The van der Waals surface area contributed by atoms with Crippen molar-refractivity contribution >= 4 is 34.5 Å². The fourth-order valence-electron chi connectivity index (χ4n) is 1.89. The molecule has 0 atom stereocenters. The Kier molecular flexibility index (Phi) is 3.66. The smallest absolute Gasteiger partial charge is 0.196 e. The molecule has 0 fully saturated rings. The molecule has 0 unspecified atom stereocenters. The minimum atomic E-state index is 0.293. The van der Waals surface area contributed by atoms with Crippen LogP contribution in [0.1, 0.15) is 5.82 Å². The van der Waals surface area contributed by atoms with E-state index in [0.717, 1.165) is 10.9 Å². The second-order valence-corrected chi connectivity index (χ2v) is 4.92. The molecule has 0 aliphatic rings. The largest absolute Gasteiger partial charge is 0.399 e. The van der Waals surface area contributed by atoms with Crippen molar-refractivity contribution in [2.45, 2.75) is 5.16 Å². The molecule has 0 amide bonds. The fourth-order valence-corrected chi connectivity index (χ4v) is 2.50. The highest BCUT2D eigenvalue weighted by molar-refractivity contribution is 7.99. The van der Waals surface area contributed by atoms with Crippen LogP contribution in [0.25, 0.3) is 16.6 Å². The standard InChI is InChI=1S/C13H10N6OS/c1-20-15-8-11-17-12-9-4-2-3-5-10(9)16-13(19(12)18-11)21-7-6-14/h2-5,8H,7H2,1H3/b15-8-. The Morgan fingerprint density at radius 2 is 2.29 bits per heavy atom. The number of rotatable bonds is 4. The van der Waals surface area contributed by atoms with Gasteiger partial charge >= 0.3 is 0 Å². The molecular weight excluding hydrogens is 288 g/mol. The zero-order valence-corrected chi connectivity index (χ0v) is 11.9. The molecule has 7 nitrogen and oxygen atoms in total. The van der Waals surface area contributed by atoms with Crippen molar-refractivity contribution in [2.75, 3.05) is 12.9 Å². The number of para-hydroxylation sites is 1. The van der Waals surface area contributed by atoms with E-state index in [1.165, 1.54) is 25.1 Å².